The number of nitrogens with zero attached hydrogens (tertiary/aromatic N) is 1. The highest BCUT2D eigenvalue weighted by Gasteiger charge is 2.45. The first kappa shape index (κ1) is 36.3. The van der Waals surface area contributed by atoms with Crippen molar-refractivity contribution in [3.05, 3.63) is 106 Å². The summed E-state index contributed by atoms with van der Waals surface area (Å²) in [6, 6.07) is 11.9. The normalized spacial score (nSPS) is 16.6. The van der Waals surface area contributed by atoms with E-state index in [9.17, 15) is 36.6 Å². The molecule has 2 amide bonds. The highest BCUT2D eigenvalue weighted by Crippen LogP contribution is 2.46. The molecule has 254 valence electrons. The summed E-state index contributed by atoms with van der Waals surface area (Å²) in [5, 5.41) is 17.3. The lowest BCUT2D eigenvalue weighted by Gasteiger charge is -2.31. The molecule has 47 heavy (non-hydrogen) atoms. The van der Waals surface area contributed by atoms with E-state index >= 15 is 0 Å². The fourth-order valence-corrected chi connectivity index (χ4v) is 6.19. The van der Waals surface area contributed by atoms with Crippen molar-refractivity contribution >= 4 is 24.2 Å². The Hall–Kier alpha value is -3.54. The summed E-state index contributed by atoms with van der Waals surface area (Å²) in [5.74, 6) is -2.32. The number of hydrogen-bond acceptors (Lipinski definition) is 4. The number of aliphatic hydroxyl groups excluding tert-OH is 1. The van der Waals surface area contributed by atoms with Gasteiger partial charge < -0.3 is 20.6 Å². The summed E-state index contributed by atoms with van der Waals surface area (Å²) in [6.07, 6.45) is -1.42. The number of benzene rings is 3. The molecule has 6 nitrogen and oxygen atoms in total. The van der Waals surface area contributed by atoms with Gasteiger partial charge in [-0.1, -0.05) is 38.0 Å². The molecular weight excluding hydrogens is 641 g/mol. The monoisotopic (exact) mass is 679 g/mol. The van der Waals surface area contributed by atoms with Crippen LogP contribution in [0, 0.1) is 11.6 Å². The molecule has 1 heterocycles. The van der Waals surface area contributed by atoms with E-state index in [4.69, 9.17) is 0 Å². The first-order valence-electron chi connectivity index (χ1n) is 15.7. The highest BCUT2D eigenvalue weighted by atomic mass is 35.5. The maximum Gasteiger partial charge on any atom is 0.416 e. The second-order valence-electron chi connectivity index (χ2n) is 12.3. The second kappa shape index (κ2) is 15.1. The van der Waals surface area contributed by atoms with Crippen LogP contribution in [-0.4, -0.2) is 53.6 Å². The molecule has 12 heteroatoms. The fourth-order valence-electron chi connectivity index (χ4n) is 6.19. The molecule has 1 aliphatic heterocycles. The van der Waals surface area contributed by atoms with Gasteiger partial charge in [-0.2, -0.15) is 13.2 Å². The highest BCUT2D eigenvalue weighted by molar-refractivity contribution is 6.03. The van der Waals surface area contributed by atoms with Crippen molar-refractivity contribution in [3.8, 4) is 0 Å². The van der Waals surface area contributed by atoms with Gasteiger partial charge in [0.15, 0.2) is 0 Å². The summed E-state index contributed by atoms with van der Waals surface area (Å²) < 4.78 is 68.2. The third kappa shape index (κ3) is 8.69. The number of carbonyl (C=O) groups excluding carboxylic acids is 2. The van der Waals surface area contributed by atoms with Crippen LogP contribution in [0.4, 0.5) is 22.0 Å². The van der Waals surface area contributed by atoms with Gasteiger partial charge >= 0.3 is 6.18 Å². The maximum atomic E-state index is 14.1. The smallest absolute Gasteiger partial charge is 0.390 e. The summed E-state index contributed by atoms with van der Waals surface area (Å²) >= 11 is 0. The van der Waals surface area contributed by atoms with E-state index in [1.165, 1.54) is 6.07 Å². The van der Waals surface area contributed by atoms with Crippen LogP contribution in [-0.2, 0) is 24.6 Å². The van der Waals surface area contributed by atoms with Crippen LogP contribution in [0.2, 0.25) is 0 Å². The molecule has 2 atom stereocenters. The number of amides is 2. The molecule has 0 radical (unpaired) electrons. The largest absolute Gasteiger partial charge is 0.416 e. The standard InChI is InChI=1S/C35H38F5N3O3.ClH/c1-2-3-4-14-43-15-11-27-28(9-6-10-29(27)33(43)46)32(45)42-30(18-22-16-25(36)20-26(37)17-22)31(44)21-41-34(12-13-34)23-7-5-8-24(19-23)35(38,39)40;/h5-10,16-17,19-20,30-31,41,44H,2-4,11-15,18,21H2,1H3,(H,42,45);1H/t30-,31-;/m0./s1. The number of alkyl halides is 3. The minimum Gasteiger partial charge on any atom is -0.390 e. The van der Waals surface area contributed by atoms with Crippen LogP contribution < -0.4 is 10.6 Å². The maximum absolute atomic E-state index is 14.1. The molecule has 0 unspecified atom stereocenters. The van der Waals surface area contributed by atoms with Gasteiger partial charge in [0.1, 0.15) is 11.6 Å². The van der Waals surface area contributed by atoms with Crippen LogP contribution in [0.15, 0.2) is 60.7 Å². The van der Waals surface area contributed by atoms with Crippen LogP contribution in [0.3, 0.4) is 0 Å². The van der Waals surface area contributed by atoms with Crippen LogP contribution >= 0.6 is 12.4 Å². The predicted molar refractivity (Wildman–Crippen MR) is 171 cm³/mol. The van der Waals surface area contributed by atoms with Crippen molar-refractivity contribution in [2.24, 2.45) is 0 Å². The molecule has 1 fully saturated rings. The number of halogens is 6. The average Bonchev–Trinajstić information content (AvgIpc) is 3.81. The molecule has 0 aromatic heterocycles. The van der Waals surface area contributed by atoms with E-state index in [0.717, 1.165) is 49.6 Å². The Morgan fingerprint density at radius 3 is 2.38 bits per heavy atom. The summed E-state index contributed by atoms with van der Waals surface area (Å²) in [7, 11) is 0. The van der Waals surface area contributed by atoms with E-state index in [1.54, 1.807) is 29.2 Å². The number of nitrogens with one attached hydrogen (secondary N) is 2. The lowest BCUT2D eigenvalue weighted by molar-refractivity contribution is -0.137. The van der Waals surface area contributed by atoms with E-state index in [0.29, 0.717) is 49.0 Å². The third-order valence-electron chi connectivity index (χ3n) is 8.90. The number of aliphatic hydroxyl groups is 1. The van der Waals surface area contributed by atoms with Gasteiger partial charge in [0.25, 0.3) is 11.8 Å². The van der Waals surface area contributed by atoms with Gasteiger partial charge in [0, 0.05) is 42.4 Å². The van der Waals surface area contributed by atoms with Crippen molar-refractivity contribution in [2.45, 2.75) is 75.7 Å². The van der Waals surface area contributed by atoms with Gasteiger partial charge in [-0.25, -0.2) is 8.78 Å². The zero-order valence-electron chi connectivity index (χ0n) is 26.0. The molecule has 1 aliphatic carbocycles. The Balaban J connectivity index is 0.00000500. The van der Waals surface area contributed by atoms with Crippen molar-refractivity contribution in [1.29, 1.82) is 0 Å². The molecule has 1 saturated carbocycles. The molecule has 0 spiro atoms. The Kier molecular flexibility index (Phi) is 11.7. The summed E-state index contributed by atoms with van der Waals surface area (Å²) in [6.45, 7) is 3.08. The van der Waals surface area contributed by atoms with Crippen molar-refractivity contribution in [2.75, 3.05) is 19.6 Å². The van der Waals surface area contributed by atoms with Crippen molar-refractivity contribution < 1.29 is 36.6 Å². The molecule has 3 aromatic carbocycles. The number of carbonyl (C=O) groups is 2. The Morgan fingerprint density at radius 1 is 1.02 bits per heavy atom. The van der Waals surface area contributed by atoms with Crippen molar-refractivity contribution in [1.82, 2.24) is 15.5 Å². The molecule has 2 aliphatic rings. The molecule has 0 saturated heterocycles. The van der Waals surface area contributed by atoms with E-state index < -0.39 is 47.0 Å². The quantitative estimate of drug-likeness (QED) is 0.141. The summed E-state index contributed by atoms with van der Waals surface area (Å²) in [5.41, 5.74) is 0.409. The number of unbranched alkanes of at least 4 members (excludes halogenated alkanes) is 2. The van der Waals surface area contributed by atoms with Crippen LogP contribution in [0.5, 0.6) is 0 Å². The molecule has 0 bridgehead atoms. The minimum atomic E-state index is -4.50. The van der Waals surface area contributed by atoms with Crippen LogP contribution in [0.1, 0.15) is 82.0 Å². The zero-order valence-corrected chi connectivity index (χ0v) is 26.8. The van der Waals surface area contributed by atoms with Crippen molar-refractivity contribution in [3.63, 3.8) is 0 Å². The van der Waals surface area contributed by atoms with E-state index in [-0.39, 0.29) is 42.4 Å². The third-order valence-corrected chi connectivity index (χ3v) is 8.90. The number of rotatable bonds is 13. The first-order chi connectivity index (χ1) is 21.9. The number of fused-ring (bicyclic) bond motifs is 1. The summed E-state index contributed by atoms with van der Waals surface area (Å²) in [4.78, 5) is 28.7. The Bertz CT molecular complexity index is 1560. The Morgan fingerprint density at radius 2 is 1.72 bits per heavy atom. The predicted octanol–water partition coefficient (Wildman–Crippen LogP) is 6.57. The van der Waals surface area contributed by atoms with Gasteiger partial charge in [-0.3, -0.25) is 9.59 Å². The van der Waals surface area contributed by atoms with Gasteiger partial charge in [0.2, 0.25) is 0 Å². The lowest BCUT2D eigenvalue weighted by Crippen LogP contribution is -2.50. The molecule has 5 rings (SSSR count). The van der Waals surface area contributed by atoms with Crippen LogP contribution in [0.25, 0.3) is 0 Å². The van der Waals surface area contributed by atoms with Gasteiger partial charge in [0.05, 0.1) is 17.7 Å². The topological polar surface area (TPSA) is 81.7 Å². The molecular formula is C35H39ClF5N3O3. The SMILES string of the molecule is CCCCCN1CCc2c(C(=O)N[C@@H](Cc3cc(F)cc(F)c3)[C@@H](O)CNC3(c4cccc(C(F)(F)F)c4)CC3)cccc2C1=O.Cl. The van der Waals surface area contributed by atoms with Gasteiger partial charge in [-0.05, 0) is 85.2 Å². The molecule has 3 N–H and O–H groups in total. The van der Waals surface area contributed by atoms with E-state index in [2.05, 4.69) is 17.6 Å². The lowest BCUT2D eigenvalue weighted by atomic mass is 9.92. The average molecular weight is 680 g/mol. The van der Waals surface area contributed by atoms with Gasteiger partial charge in [-0.15, -0.1) is 12.4 Å². The molecule has 3 aromatic rings. The first-order valence-corrected chi connectivity index (χ1v) is 15.7. The second-order valence-corrected chi connectivity index (χ2v) is 12.3. The number of hydrogen-bond donors (Lipinski definition) is 3. The Labute approximate surface area is 277 Å². The fraction of sp³-hybridized carbons (Fsp3) is 0.429. The van der Waals surface area contributed by atoms with E-state index in [1.807, 2.05) is 0 Å². The zero-order chi connectivity index (χ0) is 33.1. The minimum absolute atomic E-state index is 0.